The third kappa shape index (κ3) is 3.28. The van der Waals surface area contributed by atoms with E-state index in [4.69, 9.17) is 9.97 Å². The van der Waals surface area contributed by atoms with Crippen molar-refractivity contribution < 1.29 is 0 Å². The molecule has 0 spiro atoms. The molecule has 0 aliphatic rings. The second kappa shape index (κ2) is 7.26. The Labute approximate surface area is 175 Å². The highest BCUT2D eigenvalue weighted by molar-refractivity contribution is 5.97. The molecule has 3 heterocycles. The van der Waals surface area contributed by atoms with Gasteiger partial charge >= 0.3 is 0 Å². The lowest BCUT2D eigenvalue weighted by molar-refractivity contribution is 0.876. The number of benzene rings is 2. The summed E-state index contributed by atoms with van der Waals surface area (Å²) in [4.78, 5) is 13.7. The Bertz CT molecular complexity index is 1350. The lowest BCUT2D eigenvalue weighted by Crippen LogP contribution is -2.07. The number of anilines is 1. The minimum Gasteiger partial charge on any atom is -0.378 e. The van der Waals surface area contributed by atoms with Crippen LogP contribution in [0.15, 0.2) is 73.3 Å². The molecule has 30 heavy (non-hydrogen) atoms. The first-order chi connectivity index (χ1) is 14.6. The largest absolute Gasteiger partial charge is 0.378 e. The van der Waals surface area contributed by atoms with Crippen LogP contribution in [0.5, 0.6) is 0 Å². The lowest BCUT2D eigenvalue weighted by Gasteiger charge is -2.17. The third-order valence-electron chi connectivity index (χ3n) is 5.53. The van der Waals surface area contributed by atoms with Crippen LogP contribution < -0.4 is 5.32 Å². The Balaban J connectivity index is 1.65. The number of aromatic nitrogens is 4. The second-order valence-electron chi connectivity index (χ2n) is 7.76. The number of fused-ring (bicyclic) bond motifs is 2. The summed E-state index contributed by atoms with van der Waals surface area (Å²) >= 11 is 0. The second-order valence-corrected chi connectivity index (χ2v) is 7.76. The Kier molecular flexibility index (Phi) is 4.43. The molecule has 1 unspecified atom stereocenters. The monoisotopic (exact) mass is 393 g/mol. The van der Waals surface area contributed by atoms with Crippen molar-refractivity contribution in [2.45, 2.75) is 19.9 Å². The molecule has 1 N–H and O–H groups in total. The van der Waals surface area contributed by atoms with Crippen molar-refractivity contribution >= 4 is 27.6 Å². The van der Waals surface area contributed by atoms with E-state index in [0.717, 1.165) is 39.1 Å². The molecule has 0 amide bonds. The van der Waals surface area contributed by atoms with Crippen molar-refractivity contribution in [2.24, 2.45) is 7.05 Å². The number of nitrogens with one attached hydrogen (secondary N) is 1. The number of hydrogen-bond donors (Lipinski definition) is 1. The van der Waals surface area contributed by atoms with Gasteiger partial charge in [-0.15, -0.1) is 0 Å². The predicted octanol–water partition coefficient (Wildman–Crippen LogP) is 5.67. The van der Waals surface area contributed by atoms with Crippen molar-refractivity contribution in [2.75, 3.05) is 5.32 Å². The zero-order valence-corrected chi connectivity index (χ0v) is 17.3. The van der Waals surface area contributed by atoms with E-state index in [1.807, 2.05) is 25.4 Å². The maximum Gasteiger partial charge on any atom is 0.0966 e. The maximum absolute atomic E-state index is 4.75. The number of nitrogens with zero attached hydrogens (tertiary/aromatic N) is 4. The molecule has 1 atom stereocenters. The summed E-state index contributed by atoms with van der Waals surface area (Å²) in [6.45, 7) is 4.11. The van der Waals surface area contributed by atoms with Crippen LogP contribution in [0.3, 0.4) is 0 Å². The molecule has 0 radical (unpaired) electrons. The first-order valence-electron chi connectivity index (χ1n) is 10.1. The number of pyridine rings is 1. The van der Waals surface area contributed by atoms with Gasteiger partial charge in [0.1, 0.15) is 0 Å². The molecule has 0 aliphatic heterocycles. The first kappa shape index (κ1) is 18.3. The molecule has 5 rings (SSSR count). The fraction of sp³-hybridized carbons (Fsp3) is 0.160. The molecular weight excluding hydrogens is 370 g/mol. The fourth-order valence-corrected chi connectivity index (χ4v) is 3.92. The molecule has 0 aliphatic carbocycles. The standard InChI is InChI=1S/C25H23N5/c1-16-14-27-25-22(19-7-6-18-8-10-30(3)24(18)11-19)12-21(13-23(25)28-16)29-17(2)20-5-4-9-26-15-20/h4-15,17,29H,1-3H3. The highest BCUT2D eigenvalue weighted by Crippen LogP contribution is 2.33. The molecule has 5 aromatic rings. The van der Waals surface area contributed by atoms with Gasteiger partial charge in [0, 0.05) is 48.6 Å². The number of hydrogen-bond acceptors (Lipinski definition) is 4. The van der Waals surface area contributed by atoms with Crippen molar-refractivity contribution in [1.82, 2.24) is 19.5 Å². The van der Waals surface area contributed by atoms with E-state index in [9.17, 15) is 0 Å². The normalized spacial score (nSPS) is 12.4. The van der Waals surface area contributed by atoms with Gasteiger partial charge in [0.25, 0.3) is 0 Å². The fourth-order valence-electron chi connectivity index (χ4n) is 3.92. The molecule has 3 aromatic heterocycles. The smallest absolute Gasteiger partial charge is 0.0966 e. The highest BCUT2D eigenvalue weighted by Gasteiger charge is 2.13. The molecule has 148 valence electrons. The zero-order valence-electron chi connectivity index (χ0n) is 17.3. The van der Waals surface area contributed by atoms with Crippen LogP contribution in [0.2, 0.25) is 0 Å². The Morgan fingerprint density at radius 3 is 2.77 bits per heavy atom. The van der Waals surface area contributed by atoms with Gasteiger partial charge in [-0.2, -0.15) is 0 Å². The predicted molar refractivity (Wildman–Crippen MR) is 122 cm³/mol. The highest BCUT2D eigenvalue weighted by atomic mass is 14.9. The zero-order chi connectivity index (χ0) is 20.7. The summed E-state index contributed by atoms with van der Waals surface area (Å²) < 4.78 is 2.14. The lowest BCUT2D eigenvalue weighted by atomic mass is 10.0. The minimum absolute atomic E-state index is 0.122. The molecule has 5 heteroatoms. The van der Waals surface area contributed by atoms with E-state index < -0.39 is 0 Å². The first-order valence-corrected chi connectivity index (χ1v) is 10.1. The summed E-state index contributed by atoms with van der Waals surface area (Å²) in [5.41, 5.74) is 8.26. The van der Waals surface area contributed by atoms with Crippen molar-refractivity contribution in [3.63, 3.8) is 0 Å². The Hall–Kier alpha value is -3.73. The van der Waals surface area contributed by atoms with Crippen LogP contribution in [-0.4, -0.2) is 19.5 Å². The van der Waals surface area contributed by atoms with E-state index in [1.165, 1.54) is 10.9 Å². The SMILES string of the molecule is Cc1cnc2c(-c3ccc4ccn(C)c4c3)cc(NC(C)c3cccnc3)cc2n1. The van der Waals surface area contributed by atoms with Gasteiger partial charge in [-0.05, 0) is 60.7 Å². The van der Waals surface area contributed by atoms with Crippen LogP contribution in [0.1, 0.15) is 24.2 Å². The third-order valence-corrected chi connectivity index (χ3v) is 5.53. The van der Waals surface area contributed by atoms with E-state index in [2.05, 4.69) is 77.5 Å². The van der Waals surface area contributed by atoms with Crippen LogP contribution in [0.4, 0.5) is 5.69 Å². The van der Waals surface area contributed by atoms with Gasteiger partial charge < -0.3 is 9.88 Å². The molecule has 0 saturated heterocycles. The summed E-state index contributed by atoms with van der Waals surface area (Å²) in [7, 11) is 2.07. The molecule has 0 bridgehead atoms. The van der Waals surface area contributed by atoms with Gasteiger partial charge in [-0.3, -0.25) is 9.97 Å². The summed E-state index contributed by atoms with van der Waals surface area (Å²) in [5, 5.41) is 4.84. The van der Waals surface area contributed by atoms with Crippen molar-refractivity contribution in [3.8, 4) is 11.1 Å². The molecule has 2 aromatic carbocycles. The molecule has 5 nitrogen and oxygen atoms in total. The van der Waals surface area contributed by atoms with Gasteiger partial charge in [-0.1, -0.05) is 18.2 Å². The molecule has 0 fully saturated rings. The van der Waals surface area contributed by atoms with Gasteiger partial charge in [0.15, 0.2) is 0 Å². The van der Waals surface area contributed by atoms with Crippen molar-refractivity contribution in [3.05, 3.63) is 84.6 Å². The van der Waals surface area contributed by atoms with Crippen LogP contribution >= 0.6 is 0 Å². The van der Waals surface area contributed by atoms with E-state index in [0.29, 0.717) is 0 Å². The summed E-state index contributed by atoms with van der Waals surface area (Å²) in [6.07, 6.45) is 7.61. The van der Waals surface area contributed by atoms with E-state index in [-0.39, 0.29) is 6.04 Å². The maximum atomic E-state index is 4.75. The number of aryl methyl sites for hydroxylation is 2. The van der Waals surface area contributed by atoms with E-state index in [1.54, 1.807) is 6.20 Å². The topological polar surface area (TPSA) is 55.6 Å². The van der Waals surface area contributed by atoms with Gasteiger partial charge in [-0.25, -0.2) is 4.98 Å². The van der Waals surface area contributed by atoms with Crippen LogP contribution in [-0.2, 0) is 7.05 Å². The van der Waals surface area contributed by atoms with E-state index >= 15 is 0 Å². The molecule has 0 saturated carbocycles. The Morgan fingerprint density at radius 2 is 1.93 bits per heavy atom. The van der Waals surface area contributed by atoms with Crippen LogP contribution in [0.25, 0.3) is 33.1 Å². The summed E-state index contributed by atoms with van der Waals surface area (Å²) in [5.74, 6) is 0. The quantitative estimate of drug-likeness (QED) is 0.428. The average molecular weight is 393 g/mol. The van der Waals surface area contributed by atoms with Gasteiger partial charge in [0.05, 0.1) is 22.8 Å². The molecular formula is C25H23N5. The van der Waals surface area contributed by atoms with Crippen LogP contribution in [0, 0.1) is 6.92 Å². The van der Waals surface area contributed by atoms with Crippen molar-refractivity contribution in [1.29, 1.82) is 0 Å². The summed E-state index contributed by atoms with van der Waals surface area (Å²) in [6, 6.07) is 17.1. The average Bonchev–Trinajstić information content (AvgIpc) is 3.13. The number of rotatable bonds is 4. The van der Waals surface area contributed by atoms with Gasteiger partial charge in [0.2, 0.25) is 0 Å². The Morgan fingerprint density at radius 1 is 1.03 bits per heavy atom. The minimum atomic E-state index is 0.122.